The molecule has 0 aliphatic rings. The van der Waals surface area contributed by atoms with E-state index < -0.39 is 0 Å². The summed E-state index contributed by atoms with van der Waals surface area (Å²) in [6, 6.07) is 1.69. The van der Waals surface area contributed by atoms with Crippen LogP contribution in [0.25, 0.3) is 0 Å². The molecule has 1 aromatic rings. The Labute approximate surface area is 104 Å². The molecule has 0 aliphatic heterocycles. The van der Waals surface area contributed by atoms with Gasteiger partial charge < -0.3 is 10.5 Å². The smallest absolute Gasteiger partial charge is 0.218 e. The number of rotatable bonds is 8. The number of aromatic nitrogens is 2. The lowest BCUT2D eigenvalue weighted by Crippen LogP contribution is -2.04. The molecule has 1 rings (SSSR count). The Balaban J connectivity index is 2.41. The topological polar surface area (TPSA) is 61.0 Å². The molecule has 0 bridgehead atoms. The fraction of sp³-hybridized carbons (Fsp3) is 0.692. The van der Waals surface area contributed by atoms with Gasteiger partial charge in [-0.15, -0.1) is 0 Å². The number of anilines is 1. The van der Waals surface area contributed by atoms with E-state index in [0.29, 0.717) is 18.3 Å². The zero-order chi connectivity index (χ0) is 12.5. The molecule has 2 N–H and O–H groups in total. The van der Waals surface area contributed by atoms with E-state index in [1.165, 1.54) is 19.3 Å². The van der Waals surface area contributed by atoms with Crippen LogP contribution in [-0.4, -0.2) is 16.6 Å². The van der Waals surface area contributed by atoms with Gasteiger partial charge in [0.05, 0.1) is 6.61 Å². The average molecular weight is 237 g/mol. The van der Waals surface area contributed by atoms with Gasteiger partial charge >= 0.3 is 0 Å². The minimum Gasteiger partial charge on any atom is -0.478 e. The summed E-state index contributed by atoms with van der Waals surface area (Å²) in [6.45, 7) is 5.00. The number of ether oxygens (including phenoxy) is 1. The second-order valence-corrected chi connectivity index (χ2v) is 4.21. The van der Waals surface area contributed by atoms with Crippen LogP contribution in [0.15, 0.2) is 6.07 Å². The molecule has 96 valence electrons. The van der Waals surface area contributed by atoms with Crippen molar-refractivity contribution in [1.82, 2.24) is 9.97 Å². The van der Waals surface area contributed by atoms with Crippen LogP contribution in [0.5, 0.6) is 5.88 Å². The van der Waals surface area contributed by atoms with Crippen molar-refractivity contribution in [2.24, 2.45) is 0 Å². The Morgan fingerprint density at radius 1 is 1.12 bits per heavy atom. The monoisotopic (exact) mass is 237 g/mol. The van der Waals surface area contributed by atoms with Crippen molar-refractivity contribution >= 4 is 5.82 Å². The Morgan fingerprint density at radius 3 is 2.65 bits per heavy atom. The maximum atomic E-state index is 5.71. The predicted molar refractivity (Wildman–Crippen MR) is 70.1 cm³/mol. The minimum absolute atomic E-state index is 0.493. The molecule has 0 unspecified atom stereocenters. The van der Waals surface area contributed by atoms with Crippen LogP contribution in [0, 0.1) is 0 Å². The van der Waals surface area contributed by atoms with Crippen LogP contribution in [0.2, 0.25) is 0 Å². The summed E-state index contributed by atoms with van der Waals surface area (Å²) in [5.41, 5.74) is 5.71. The van der Waals surface area contributed by atoms with Gasteiger partial charge in [0.1, 0.15) is 11.6 Å². The molecule has 0 atom stereocenters. The standard InChI is InChI=1S/C13H23N3O/c1-3-5-6-7-9-17-13-10-11(14)15-12(16-13)8-4-2/h10H,3-9H2,1-2H3,(H2,14,15,16). The third kappa shape index (κ3) is 5.52. The first-order valence-electron chi connectivity index (χ1n) is 6.52. The normalized spacial score (nSPS) is 10.5. The van der Waals surface area contributed by atoms with E-state index in [1.807, 2.05) is 0 Å². The predicted octanol–water partition coefficient (Wildman–Crippen LogP) is 2.97. The van der Waals surface area contributed by atoms with Gasteiger partial charge in [-0.25, -0.2) is 4.98 Å². The van der Waals surface area contributed by atoms with Crippen LogP contribution < -0.4 is 10.5 Å². The highest BCUT2D eigenvalue weighted by Gasteiger charge is 2.02. The quantitative estimate of drug-likeness (QED) is 0.706. The van der Waals surface area contributed by atoms with Gasteiger partial charge in [0.15, 0.2) is 0 Å². The molecule has 1 heterocycles. The molecule has 17 heavy (non-hydrogen) atoms. The van der Waals surface area contributed by atoms with E-state index in [0.717, 1.165) is 25.1 Å². The molecule has 0 aliphatic carbocycles. The van der Waals surface area contributed by atoms with Crippen molar-refractivity contribution in [2.45, 2.75) is 52.4 Å². The van der Waals surface area contributed by atoms with Crippen LogP contribution in [0.4, 0.5) is 5.82 Å². The van der Waals surface area contributed by atoms with Crippen molar-refractivity contribution < 1.29 is 4.74 Å². The molecule has 0 aromatic carbocycles. The molecule has 0 fully saturated rings. The molecule has 0 radical (unpaired) electrons. The Bertz CT molecular complexity index is 328. The molecule has 0 spiro atoms. The number of aryl methyl sites for hydroxylation is 1. The Kier molecular flexibility index (Phi) is 6.37. The number of nitrogens with two attached hydrogens (primary N) is 1. The number of hydrogen-bond donors (Lipinski definition) is 1. The highest BCUT2D eigenvalue weighted by molar-refractivity contribution is 5.32. The average Bonchev–Trinajstić information content (AvgIpc) is 2.28. The maximum absolute atomic E-state index is 5.71. The number of nitrogens with zero attached hydrogens (tertiary/aromatic N) is 2. The van der Waals surface area contributed by atoms with Crippen LogP contribution in [0.3, 0.4) is 0 Å². The van der Waals surface area contributed by atoms with Crippen LogP contribution in [-0.2, 0) is 6.42 Å². The molecule has 0 saturated carbocycles. The summed E-state index contributed by atoms with van der Waals surface area (Å²) in [5, 5.41) is 0. The second-order valence-electron chi connectivity index (χ2n) is 4.21. The van der Waals surface area contributed by atoms with Gasteiger partial charge in [-0.2, -0.15) is 4.98 Å². The fourth-order valence-electron chi connectivity index (χ4n) is 1.61. The third-order valence-electron chi connectivity index (χ3n) is 2.49. The van der Waals surface area contributed by atoms with Gasteiger partial charge in [-0.3, -0.25) is 0 Å². The van der Waals surface area contributed by atoms with E-state index in [-0.39, 0.29) is 0 Å². The molecular weight excluding hydrogens is 214 g/mol. The van der Waals surface area contributed by atoms with Crippen molar-refractivity contribution in [3.63, 3.8) is 0 Å². The highest BCUT2D eigenvalue weighted by atomic mass is 16.5. The fourth-order valence-corrected chi connectivity index (χ4v) is 1.61. The lowest BCUT2D eigenvalue weighted by Gasteiger charge is -2.07. The maximum Gasteiger partial charge on any atom is 0.218 e. The van der Waals surface area contributed by atoms with E-state index in [9.17, 15) is 0 Å². The van der Waals surface area contributed by atoms with Gasteiger partial charge in [-0.1, -0.05) is 33.1 Å². The third-order valence-corrected chi connectivity index (χ3v) is 2.49. The zero-order valence-corrected chi connectivity index (χ0v) is 10.9. The van der Waals surface area contributed by atoms with Gasteiger partial charge in [0.2, 0.25) is 5.88 Å². The molecule has 1 aromatic heterocycles. The van der Waals surface area contributed by atoms with E-state index >= 15 is 0 Å². The molecule has 0 saturated heterocycles. The lowest BCUT2D eigenvalue weighted by atomic mass is 10.2. The highest BCUT2D eigenvalue weighted by Crippen LogP contribution is 2.12. The summed E-state index contributed by atoms with van der Waals surface area (Å²) < 4.78 is 5.59. The number of unbranched alkanes of at least 4 members (excludes halogenated alkanes) is 3. The number of nitrogen functional groups attached to an aromatic ring is 1. The van der Waals surface area contributed by atoms with E-state index in [2.05, 4.69) is 23.8 Å². The van der Waals surface area contributed by atoms with Crippen LogP contribution in [0.1, 0.15) is 51.8 Å². The lowest BCUT2D eigenvalue weighted by molar-refractivity contribution is 0.292. The molecule has 4 heteroatoms. The first-order chi connectivity index (χ1) is 8.26. The van der Waals surface area contributed by atoms with Gasteiger partial charge in [0, 0.05) is 12.5 Å². The van der Waals surface area contributed by atoms with Gasteiger partial charge in [-0.05, 0) is 12.8 Å². The van der Waals surface area contributed by atoms with E-state index in [4.69, 9.17) is 10.5 Å². The summed E-state index contributed by atoms with van der Waals surface area (Å²) in [7, 11) is 0. The van der Waals surface area contributed by atoms with Crippen molar-refractivity contribution in [2.75, 3.05) is 12.3 Å². The van der Waals surface area contributed by atoms with Crippen molar-refractivity contribution in [3.8, 4) is 5.88 Å². The molecule has 0 amide bonds. The summed E-state index contributed by atoms with van der Waals surface area (Å²) >= 11 is 0. The Hall–Kier alpha value is -1.32. The first-order valence-corrected chi connectivity index (χ1v) is 6.52. The first kappa shape index (κ1) is 13.7. The Morgan fingerprint density at radius 2 is 1.94 bits per heavy atom. The minimum atomic E-state index is 0.493. The molecular formula is C13H23N3O. The largest absolute Gasteiger partial charge is 0.478 e. The zero-order valence-electron chi connectivity index (χ0n) is 10.9. The summed E-state index contributed by atoms with van der Waals surface area (Å²) in [6.07, 6.45) is 6.63. The molecule has 4 nitrogen and oxygen atoms in total. The number of hydrogen-bond acceptors (Lipinski definition) is 4. The van der Waals surface area contributed by atoms with E-state index in [1.54, 1.807) is 6.07 Å². The SMILES string of the molecule is CCCCCCOc1cc(N)nc(CCC)n1. The van der Waals surface area contributed by atoms with Crippen molar-refractivity contribution in [1.29, 1.82) is 0 Å². The summed E-state index contributed by atoms with van der Waals surface area (Å²) in [5.74, 6) is 1.88. The second kappa shape index (κ2) is 7.87. The van der Waals surface area contributed by atoms with Gasteiger partial charge in [0.25, 0.3) is 0 Å². The van der Waals surface area contributed by atoms with Crippen LogP contribution >= 0.6 is 0 Å². The summed E-state index contributed by atoms with van der Waals surface area (Å²) in [4.78, 5) is 8.50. The van der Waals surface area contributed by atoms with Crippen molar-refractivity contribution in [3.05, 3.63) is 11.9 Å².